The summed E-state index contributed by atoms with van der Waals surface area (Å²) in [6.45, 7) is 5.70. The van der Waals surface area contributed by atoms with Crippen molar-refractivity contribution >= 4 is 5.91 Å². The molecule has 1 aromatic rings. The van der Waals surface area contributed by atoms with Crippen LogP contribution in [-0.2, 0) is 11.3 Å². The number of rotatable bonds is 5. The van der Waals surface area contributed by atoms with Gasteiger partial charge in [0.15, 0.2) is 0 Å². The molecular weight excluding hydrogens is 208 g/mol. The molecule has 1 amide bonds. The van der Waals surface area contributed by atoms with Crippen LogP contribution in [0.15, 0.2) is 12.7 Å². The SMILES string of the molecule is CC(O)C(C)(C)NC(=O)CCn1cncn1. The summed E-state index contributed by atoms with van der Waals surface area (Å²) in [6, 6.07) is 0. The third-order valence-electron chi connectivity index (χ3n) is 2.54. The lowest BCUT2D eigenvalue weighted by Crippen LogP contribution is -2.51. The number of aliphatic hydroxyl groups is 1. The molecule has 0 fully saturated rings. The Hall–Kier alpha value is -1.43. The molecule has 0 aromatic carbocycles. The van der Waals surface area contributed by atoms with Crippen molar-refractivity contribution in [3.8, 4) is 0 Å². The third-order valence-corrected chi connectivity index (χ3v) is 2.54. The van der Waals surface area contributed by atoms with Crippen LogP contribution in [0.2, 0.25) is 0 Å². The summed E-state index contributed by atoms with van der Waals surface area (Å²) in [7, 11) is 0. The number of aliphatic hydroxyl groups excluding tert-OH is 1. The Morgan fingerprint density at radius 2 is 2.31 bits per heavy atom. The summed E-state index contributed by atoms with van der Waals surface area (Å²) < 4.78 is 1.59. The molecule has 0 saturated heterocycles. The summed E-state index contributed by atoms with van der Waals surface area (Å²) in [6.07, 6.45) is 2.72. The molecule has 90 valence electrons. The molecule has 0 aliphatic heterocycles. The smallest absolute Gasteiger partial charge is 0.222 e. The first kappa shape index (κ1) is 12.6. The molecule has 2 N–H and O–H groups in total. The number of nitrogens with zero attached hydrogens (tertiary/aromatic N) is 3. The van der Waals surface area contributed by atoms with E-state index in [2.05, 4.69) is 15.4 Å². The van der Waals surface area contributed by atoms with Crippen LogP contribution < -0.4 is 5.32 Å². The first-order valence-corrected chi connectivity index (χ1v) is 5.23. The monoisotopic (exact) mass is 226 g/mol. The first-order valence-electron chi connectivity index (χ1n) is 5.23. The number of carbonyl (C=O) groups is 1. The van der Waals surface area contributed by atoms with Gasteiger partial charge in [0, 0.05) is 6.42 Å². The molecule has 0 spiro atoms. The molecule has 0 radical (unpaired) electrons. The normalized spacial score (nSPS) is 13.5. The van der Waals surface area contributed by atoms with Crippen molar-refractivity contribution in [1.29, 1.82) is 0 Å². The number of carbonyl (C=O) groups excluding carboxylic acids is 1. The molecule has 1 atom stereocenters. The van der Waals surface area contributed by atoms with Crippen molar-refractivity contribution in [1.82, 2.24) is 20.1 Å². The molecule has 1 unspecified atom stereocenters. The number of nitrogens with one attached hydrogen (secondary N) is 1. The first-order chi connectivity index (χ1) is 7.42. The van der Waals surface area contributed by atoms with Crippen molar-refractivity contribution < 1.29 is 9.90 Å². The van der Waals surface area contributed by atoms with E-state index in [-0.39, 0.29) is 5.91 Å². The second-order valence-corrected chi connectivity index (χ2v) is 4.35. The maximum atomic E-state index is 11.6. The molecule has 1 aromatic heterocycles. The molecule has 6 heteroatoms. The lowest BCUT2D eigenvalue weighted by Gasteiger charge is -2.29. The second-order valence-electron chi connectivity index (χ2n) is 4.35. The number of aryl methyl sites for hydroxylation is 1. The Morgan fingerprint density at radius 3 is 2.81 bits per heavy atom. The van der Waals surface area contributed by atoms with E-state index < -0.39 is 11.6 Å². The largest absolute Gasteiger partial charge is 0.391 e. The summed E-state index contributed by atoms with van der Waals surface area (Å²) >= 11 is 0. The van der Waals surface area contributed by atoms with E-state index >= 15 is 0 Å². The van der Waals surface area contributed by atoms with Crippen LogP contribution in [0.1, 0.15) is 27.2 Å². The van der Waals surface area contributed by atoms with Crippen LogP contribution in [0.4, 0.5) is 0 Å². The fraction of sp³-hybridized carbons (Fsp3) is 0.700. The predicted octanol–water partition coefficient (Wildman–Crippen LogP) is -0.0562. The Kier molecular flexibility index (Phi) is 4.00. The topological polar surface area (TPSA) is 80.0 Å². The van der Waals surface area contributed by atoms with Crippen LogP contribution >= 0.6 is 0 Å². The molecule has 0 saturated carbocycles. The van der Waals surface area contributed by atoms with E-state index in [1.54, 1.807) is 31.8 Å². The van der Waals surface area contributed by atoms with Gasteiger partial charge in [0.1, 0.15) is 12.7 Å². The average molecular weight is 226 g/mol. The molecule has 16 heavy (non-hydrogen) atoms. The van der Waals surface area contributed by atoms with Gasteiger partial charge in [-0.1, -0.05) is 0 Å². The molecule has 0 bridgehead atoms. The number of aromatic nitrogens is 3. The minimum Gasteiger partial charge on any atom is -0.391 e. The van der Waals surface area contributed by atoms with Crippen LogP contribution in [0, 0.1) is 0 Å². The average Bonchev–Trinajstić information content (AvgIpc) is 2.66. The van der Waals surface area contributed by atoms with Gasteiger partial charge in [0.25, 0.3) is 0 Å². The standard InChI is InChI=1S/C10H18N4O2/c1-8(15)10(2,3)13-9(16)4-5-14-7-11-6-12-14/h6-8,15H,4-5H2,1-3H3,(H,13,16). The Balaban J connectivity index is 2.36. The maximum absolute atomic E-state index is 11.6. The highest BCUT2D eigenvalue weighted by atomic mass is 16.3. The van der Waals surface area contributed by atoms with E-state index in [1.165, 1.54) is 6.33 Å². The molecule has 6 nitrogen and oxygen atoms in total. The van der Waals surface area contributed by atoms with Crippen LogP contribution in [-0.4, -0.2) is 37.4 Å². The van der Waals surface area contributed by atoms with Gasteiger partial charge in [-0.3, -0.25) is 9.48 Å². The predicted molar refractivity (Wildman–Crippen MR) is 58.5 cm³/mol. The van der Waals surface area contributed by atoms with Crippen LogP contribution in [0.25, 0.3) is 0 Å². The zero-order valence-corrected chi connectivity index (χ0v) is 9.84. The van der Waals surface area contributed by atoms with Crippen molar-refractivity contribution in [3.63, 3.8) is 0 Å². The maximum Gasteiger partial charge on any atom is 0.222 e. The van der Waals surface area contributed by atoms with Gasteiger partial charge in [-0.05, 0) is 20.8 Å². The zero-order chi connectivity index (χ0) is 12.2. The fourth-order valence-corrected chi connectivity index (χ4v) is 1.09. The number of amides is 1. The van der Waals surface area contributed by atoms with E-state index in [4.69, 9.17) is 0 Å². The van der Waals surface area contributed by atoms with Gasteiger partial charge in [-0.15, -0.1) is 0 Å². The summed E-state index contributed by atoms with van der Waals surface area (Å²) in [5.41, 5.74) is -0.612. The van der Waals surface area contributed by atoms with Crippen molar-refractivity contribution in [2.75, 3.05) is 0 Å². The van der Waals surface area contributed by atoms with E-state index in [9.17, 15) is 9.90 Å². The van der Waals surface area contributed by atoms with Crippen molar-refractivity contribution in [2.45, 2.75) is 45.4 Å². The van der Waals surface area contributed by atoms with E-state index in [0.717, 1.165) is 0 Å². The van der Waals surface area contributed by atoms with Gasteiger partial charge < -0.3 is 10.4 Å². The summed E-state index contributed by atoms with van der Waals surface area (Å²) in [5, 5.41) is 16.1. The van der Waals surface area contributed by atoms with Gasteiger partial charge in [-0.2, -0.15) is 5.10 Å². The highest BCUT2D eigenvalue weighted by molar-refractivity contribution is 5.76. The number of hydrogen-bond acceptors (Lipinski definition) is 4. The Bertz CT molecular complexity index is 333. The van der Waals surface area contributed by atoms with Crippen LogP contribution in [0.3, 0.4) is 0 Å². The van der Waals surface area contributed by atoms with Crippen LogP contribution in [0.5, 0.6) is 0 Å². The van der Waals surface area contributed by atoms with E-state index in [0.29, 0.717) is 13.0 Å². The number of hydrogen-bond donors (Lipinski definition) is 2. The summed E-state index contributed by atoms with van der Waals surface area (Å²) in [4.78, 5) is 15.4. The second kappa shape index (κ2) is 5.07. The highest BCUT2D eigenvalue weighted by Crippen LogP contribution is 2.08. The molecule has 1 rings (SSSR count). The van der Waals surface area contributed by atoms with Gasteiger partial charge >= 0.3 is 0 Å². The highest BCUT2D eigenvalue weighted by Gasteiger charge is 2.25. The summed E-state index contributed by atoms with van der Waals surface area (Å²) in [5.74, 6) is -0.110. The molecular formula is C10H18N4O2. The third kappa shape index (κ3) is 3.62. The lowest BCUT2D eigenvalue weighted by atomic mass is 9.98. The Morgan fingerprint density at radius 1 is 1.62 bits per heavy atom. The molecule has 1 heterocycles. The van der Waals surface area contributed by atoms with Gasteiger partial charge in [0.05, 0.1) is 18.2 Å². The zero-order valence-electron chi connectivity index (χ0n) is 9.84. The Labute approximate surface area is 94.7 Å². The van der Waals surface area contributed by atoms with Gasteiger partial charge in [0.2, 0.25) is 5.91 Å². The molecule has 0 aliphatic rings. The van der Waals surface area contributed by atoms with E-state index in [1.807, 2.05) is 0 Å². The minimum absolute atomic E-state index is 0.110. The van der Waals surface area contributed by atoms with Gasteiger partial charge in [-0.25, -0.2) is 4.98 Å². The fourth-order valence-electron chi connectivity index (χ4n) is 1.09. The lowest BCUT2D eigenvalue weighted by molar-refractivity contribution is -0.124. The minimum atomic E-state index is -0.612. The van der Waals surface area contributed by atoms with Crippen molar-refractivity contribution in [2.24, 2.45) is 0 Å². The van der Waals surface area contributed by atoms with Crippen molar-refractivity contribution in [3.05, 3.63) is 12.7 Å². The quantitative estimate of drug-likeness (QED) is 0.737. The molecule has 0 aliphatic carbocycles.